The van der Waals surface area contributed by atoms with E-state index in [0.717, 1.165) is 4.88 Å². The SMILES string of the molecule is NCc1ccc(S(=O)(=O)Nc2ccccc2)s1. The van der Waals surface area contributed by atoms with Crippen molar-refractivity contribution < 1.29 is 8.42 Å². The number of hydrogen-bond donors (Lipinski definition) is 2. The first-order valence-electron chi connectivity index (χ1n) is 4.98. The summed E-state index contributed by atoms with van der Waals surface area (Å²) in [6.45, 7) is 0.353. The molecule has 2 rings (SSSR count). The van der Waals surface area contributed by atoms with E-state index >= 15 is 0 Å². The van der Waals surface area contributed by atoms with Crippen LogP contribution in [0, 0.1) is 0 Å². The lowest BCUT2D eigenvalue weighted by Crippen LogP contribution is -2.11. The average Bonchev–Trinajstić information content (AvgIpc) is 2.79. The first-order chi connectivity index (χ1) is 8.12. The van der Waals surface area contributed by atoms with Gasteiger partial charge in [-0.25, -0.2) is 8.42 Å². The minimum Gasteiger partial charge on any atom is -0.326 e. The smallest absolute Gasteiger partial charge is 0.271 e. The third kappa shape index (κ3) is 2.85. The number of hydrogen-bond acceptors (Lipinski definition) is 4. The summed E-state index contributed by atoms with van der Waals surface area (Å²) in [5.74, 6) is 0. The molecule has 0 saturated heterocycles. The molecule has 4 nitrogen and oxygen atoms in total. The number of para-hydroxylation sites is 1. The molecule has 0 aliphatic rings. The van der Waals surface area contributed by atoms with Crippen LogP contribution in [-0.4, -0.2) is 8.42 Å². The maximum absolute atomic E-state index is 12.0. The topological polar surface area (TPSA) is 72.2 Å². The molecule has 2 aromatic rings. The van der Waals surface area contributed by atoms with Gasteiger partial charge in [-0.15, -0.1) is 11.3 Å². The second-order valence-electron chi connectivity index (χ2n) is 3.40. The van der Waals surface area contributed by atoms with Crippen molar-refractivity contribution in [2.45, 2.75) is 10.8 Å². The van der Waals surface area contributed by atoms with E-state index in [1.165, 1.54) is 11.3 Å². The van der Waals surface area contributed by atoms with Gasteiger partial charge in [-0.3, -0.25) is 4.72 Å². The molecule has 0 atom stereocenters. The highest BCUT2D eigenvalue weighted by Crippen LogP contribution is 2.23. The van der Waals surface area contributed by atoms with E-state index in [2.05, 4.69) is 4.72 Å². The number of benzene rings is 1. The molecule has 6 heteroatoms. The Morgan fingerprint density at radius 1 is 1.12 bits per heavy atom. The summed E-state index contributed by atoms with van der Waals surface area (Å²) in [6, 6.07) is 12.1. The van der Waals surface area contributed by atoms with Gasteiger partial charge in [0.2, 0.25) is 0 Å². The number of nitrogens with two attached hydrogens (primary N) is 1. The monoisotopic (exact) mass is 268 g/mol. The highest BCUT2D eigenvalue weighted by Gasteiger charge is 2.16. The van der Waals surface area contributed by atoms with Crippen LogP contribution in [0.4, 0.5) is 5.69 Å². The lowest BCUT2D eigenvalue weighted by Gasteiger charge is -2.05. The second kappa shape index (κ2) is 4.87. The molecule has 17 heavy (non-hydrogen) atoms. The summed E-state index contributed by atoms with van der Waals surface area (Å²) in [5.41, 5.74) is 6.01. The summed E-state index contributed by atoms with van der Waals surface area (Å²) in [7, 11) is -3.49. The Balaban J connectivity index is 2.25. The quantitative estimate of drug-likeness (QED) is 0.891. The fourth-order valence-electron chi connectivity index (χ4n) is 1.32. The zero-order chi connectivity index (χ0) is 12.3. The Morgan fingerprint density at radius 3 is 2.41 bits per heavy atom. The molecule has 1 aromatic carbocycles. The van der Waals surface area contributed by atoms with Crippen molar-refractivity contribution in [3.05, 3.63) is 47.3 Å². The van der Waals surface area contributed by atoms with Crippen LogP contribution in [0.5, 0.6) is 0 Å². The normalized spacial score (nSPS) is 11.4. The fourth-order valence-corrected chi connectivity index (χ4v) is 3.62. The molecule has 90 valence electrons. The van der Waals surface area contributed by atoms with E-state index in [9.17, 15) is 8.42 Å². The van der Waals surface area contributed by atoms with Crippen LogP contribution in [0.1, 0.15) is 4.88 Å². The number of anilines is 1. The molecule has 0 amide bonds. The highest BCUT2D eigenvalue weighted by molar-refractivity contribution is 7.94. The molecule has 0 aliphatic heterocycles. The fraction of sp³-hybridized carbons (Fsp3) is 0.0909. The van der Waals surface area contributed by atoms with Crippen LogP contribution in [-0.2, 0) is 16.6 Å². The molecule has 0 bridgehead atoms. The van der Waals surface area contributed by atoms with E-state index in [1.54, 1.807) is 36.4 Å². The zero-order valence-corrected chi connectivity index (χ0v) is 10.6. The molecule has 0 aliphatic carbocycles. The maximum Gasteiger partial charge on any atom is 0.271 e. The Bertz CT molecular complexity index is 591. The summed E-state index contributed by atoms with van der Waals surface area (Å²) in [4.78, 5) is 0.846. The molecule has 3 N–H and O–H groups in total. The van der Waals surface area contributed by atoms with Crippen molar-refractivity contribution >= 4 is 27.0 Å². The van der Waals surface area contributed by atoms with Crippen LogP contribution in [0.3, 0.4) is 0 Å². The van der Waals surface area contributed by atoms with Crippen molar-refractivity contribution in [1.29, 1.82) is 0 Å². The minimum atomic E-state index is -3.49. The van der Waals surface area contributed by atoms with Crippen LogP contribution in [0.2, 0.25) is 0 Å². The van der Waals surface area contributed by atoms with Crippen LogP contribution >= 0.6 is 11.3 Å². The Hall–Kier alpha value is -1.37. The van der Waals surface area contributed by atoms with Gasteiger partial charge in [-0.05, 0) is 24.3 Å². The van der Waals surface area contributed by atoms with E-state index < -0.39 is 10.0 Å². The largest absolute Gasteiger partial charge is 0.326 e. The molecule has 0 radical (unpaired) electrons. The predicted octanol–water partition coefficient (Wildman–Crippen LogP) is 2.01. The third-order valence-corrected chi connectivity index (χ3v) is 5.11. The van der Waals surface area contributed by atoms with Gasteiger partial charge in [0.25, 0.3) is 10.0 Å². The summed E-state index contributed by atoms with van der Waals surface area (Å²) in [5, 5.41) is 0. The Labute approximate surface area is 104 Å². The van der Waals surface area contributed by atoms with Crippen LogP contribution in [0.15, 0.2) is 46.7 Å². The summed E-state index contributed by atoms with van der Waals surface area (Å²) < 4.78 is 26.8. The van der Waals surface area contributed by atoms with Crippen molar-refractivity contribution in [1.82, 2.24) is 0 Å². The van der Waals surface area contributed by atoms with Gasteiger partial charge >= 0.3 is 0 Å². The Morgan fingerprint density at radius 2 is 1.82 bits per heavy atom. The number of thiophene rings is 1. The van der Waals surface area contributed by atoms with Crippen molar-refractivity contribution in [2.24, 2.45) is 5.73 Å². The van der Waals surface area contributed by atoms with E-state index in [-0.39, 0.29) is 4.21 Å². The second-order valence-corrected chi connectivity index (χ2v) is 6.47. The first kappa shape index (κ1) is 12.1. The van der Waals surface area contributed by atoms with Gasteiger partial charge in [-0.1, -0.05) is 18.2 Å². The lowest BCUT2D eigenvalue weighted by atomic mass is 10.3. The molecule has 0 unspecified atom stereocenters. The first-order valence-corrected chi connectivity index (χ1v) is 7.28. The average molecular weight is 268 g/mol. The van der Waals surface area contributed by atoms with Gasteiger partial charge in [0.1, 0.15) is 4.21 Å². The van der Waals surface area contributed by atoms with E-state index in [0.29, 0.717) is 12.2 Å². The van der Waals surface area contributed by atoms with Gasteiger partial charge < -0.3 is 5.73 Å². The number of rotatable bonds is 4. The highest BCUT2D eigenvalue weighted by atomic mass is 32.2. The third-order valence-electron chi connectivity index (χ3n) is 2.13. The molecule has 0 spiro atoms. The van der Waals surface area contributed by atoms with Gasteiger partial charge in [0.05, 0.1) is 0 Å². The summed E-state index contributed by atoms with van der Waals surface area (Å²) in [6.07, 6.45) is 0. The molecular formula is C11H12N2O2S2. The van der Waals surface area contributed by atoms with Crippen molar-refractivity contribution in [3.8, 4) is 0 Å². The Kier molecular flexibility index (Phi) is 3.46. The number of nitrogens with one attached hydrogen (secondary N) is 1. The van der Waals surface area contributed by atoms with E-state index in [1.807, 2.05) is 6.07 Å². The van der Waals surface area contributed by atoms with Crippen LogP contribution < -0.4 is 10.5 Å². The van der Waals surface area contributed by atoms with Gasteiger partial charge in [-0.2, -0.15) is 0 Å². The predicted molar refractivity (Wildman–Crippen MR) is 69.5 cm³/mol. The van der Waals surface area contributed by atoms with Crippen LogP contribution in [0.25, 0.3) is 0 Å². The van der Waals surface area contributed by atoms with Gasteiger partial charge in [0, 0.05) is 17.1 Å². The molecule has 1 aromatic heterocycles. The van der Waals surface area contributed by atoms with E-state index in [4.69, 9.17) is 5.73 Å². The molecule has 0 fully saturated rings. The number of sulfonamides is 1. The lowest BCUT2D eigenvalue weighted by molar-refractivity contribution is 0.603. The van der Waals surface area contributed by atoms with Crippen molar-refractivity contribution in [2.75, 3.05) is 4.72 Å². The summed E-state index contributed by atoms with van der Waals surface area (Å²) >= 11 is 1.18. The minimum absolute atomic E-state index is 0.279. The van der Waals surface area contributed by atoms with Gasteiger partial charge in [0.15, 0.2) is 0 Å². The zero-order valence-electron chi connectivity index (χ0n) is 8.96. The van der Waals surface area contributed by atoms with Crippen molar-refractivity contribution in [3.63, 3.8) is 0 Å². The molecule has 1 heterocycles. The standard InChI is InChI=1S/C11H12N2O2S2/c12-8-10-6-7-11(16-10)17(14,15)13-9-4-2-1-3-5-9/h1-7,13H,8,12H2. The molecule has 0 saturated carbocycles. The molecular weight excluding hydrogens is 256 g/mol. The maximum atomic E-state index is 12.0.